The number of carboxylic acids is 1. The summed E-state index contributed by atoms with van der Waals surface area (Å²) in [4.78, 5) is 21.0. The summed E-state index contributed by atoms with van der Waals surface area (Å²) in [6.45, 7) is 1.55. The first-order valence-corrected chi connectivity index (χ1v) is 4.89. The fraction of sp³-hybridized carbons (Fsp3) is 0.222. The van der Waals surface area contributed by atoms with Crippen molar-refractivity contribution in [3.8, 4) is 5.82 Å². The van der Waals surface area contributed by atoms with Gasteiger partial charge in [0.1, 0.15) is 5.56 Å². The minimum absolute atomic E-state index is 0.0319. The van der Waals surface area contributed by atoms with E-state index in [-0.39, 0.29) is 17.2 Å². The van der Waals surface area contributed by atoms with Crippen molar-refractivity contribution in [1.82, 2.24) is 19.6 Å². The second kappa shape index (κ2) is 3.95. The minimum atomic E-state index is -1.16. The zero-order valence-electron chi connectivity index (χ0n) is 9.56. The highest BCUT2D eigenvalue weighted by Crippen LogP contribution is 2.19. The van der Waals surface area contributed by atoms with E-state index in [4.69, 9.17) is 5.11 Å². The molecule has 1 N–H and O–H groups in total. The molecular weight excluding hydrogens is 242 g/mol. The van der Waals surface area contributed by atoms with Crippen LogP contribution in [0.4, 0.5) is 5.82 Å². The summed E-state index contributed by atoms with van der Waals surface area (Å²) in [5.74, 6) is -1.34. The highest BCUT2D eigenvalue weighted by atomic mass is 16.6. The van der Waals surface area contributed by atoms with Crippen LogP contribution in [0.3, 0.4) is 0 Å². The molecule has 94 valence electrons. The van der Waals surface area contributed by atoms with Crippen LogP contribution in [-0.2, 0) is 7.05 Å². The van der Waals surface area contributed by atoms with Crippen LogP contribution >= 0.6 is 0 Å². The molecule has 18 heavy (non-hydrogen) atoms. The molecule has 0 fully saturated rings. The number of nitrogens with zero attached hydrogens (tertiary/aromatic N) is 5. The number of aromatic nitrogens is 4. The van der Waals surface area contributed by atoms with Crippen LogP contribution in [0.2, 0.25) is 0 Å². The topological polar surface area (TPSA) is 116 Å². The van der Waals surface area contributed by atoms with Crippen molar-refractivity contribution in [2.75, 3.05) is 0 Å². The average molecular weight is 251 g/mol. The summed E-state index contributed by atoms with van der Waals surface area (Å²) in [5, 5.41) is 27.3. The van der Waals surface area contributed by atoms with Gasteiger partial charge in [-0.25, -0.2) is 9.48 Å². The van der Waals surface area contributed by atoms with Crippen LogP contribution in [-0.4, -0.2) is 35.6 Å². The molecule has 2 aromatic heterocycles. The van der Waals surface area contributed by atoms with Crippen LogP contribution in [0.5, 0.6) is 0 Å². The van der Waals surface area contributed by atoms with Crippen LogP contribution in [0.1, 0.15) is 16.1 Å². The van der Waals surface area contributed by atoms with Gasteiger partial charge < -0.3 is 15.2 Å². The highest BCUT2D eigenvalue weighted by Gasteiger charge is 2.24. The molecule has 0 aliphatic carbocycles. The molecule has 0 aromatic carbocycles. The summed E-state index contributed by atoms with van der Waals surface area (Å²) in [6, 6.07) is 1.19. The fourth-order valence-corrected chi connectivity index (χ4v) is 1.69. The second-order valence-electron chi connectivity index (χ2n) is 3.59. The van der Waals surface area contributed by atoms with Gasteiger partial charge in [0.25, 0.3) is 0 Å². The summed E-state index contributed by atoms with van der Waals surface area (Å²) in [6.07, 6.45) is 1.32. The quantitative estimate of drug-likeness (QED) is 0.627. The number of carboxylic acid groups (broad SMARTS) is 1. The van der Waals surface area contributed by atoms with Gasteiger partial charge in [0.05, 0.1) is 23.1 Å². The van der Waals surface area contributed by atoms with Crippen LogP contribution < -0.4 is 0 Å². The number of aromatic carboxylic acids is 1. The molecule has 0 saturated carbocycles. The van der Waals surface area contributed by atoms with E-state index in [0.717, 1.165) is 4.68 Å². The second-order valence-corrected chi connectivity index (χ2v) is 3.59. The lowest BCUT2D eigenvalue weighted by atomic mass is 10.2. The molecule has 0 saturated heterocycles. The smallest absolute Gasteiger partial charge is 0.390 e. The maximum atomic E-state index is 11.1. The molecule has 0 radical (unpaired) electrons. The van der Waals surface area contributed by atoms with Crippen molar-refractivity contribution in [1.29, 1.82) is 0 Å². The van der Waals surface area contributed by atoms with Crippen LogP contribution in [0.15, 0.2) is 12.3 Å². The van der Waals surface area contributed by atoms with E-state index >= 15 is 0 Å². The molecule has 9 nitrogen and oxygen atoms in total. The maximum absolute atomic E-state index is 11.1. The van der Waals surface area contributed by atoms with Crippen molar-refractivity contribution < 1.29 is 14.8 Å². The first-order valence-electron chi connectivity index (χ1n) is 4.89. The van der Waals surface area contributed by atoms with Crippen LogP contribution in [0.25, 0.3) is 5.82 Å². The number of aryl methyl sites for hydroxylation is 2. The molecule has 0 spiro atoms. The normalized spacial score (nSPS) is 10.6. The predicted octanol–water partition coefficient (Wildman–Crippen LogP) is 0.521. The molecule has 9 heteroatoms. The zero-order valence-corrected chi connectivity index (χ0v) is 9.56. The average Bonchev–Trinajstić information content (AvgIpc) is 2.81. The van der Waals surface area contributed by atoms with Crippen molar-refractivity contribution in [3.63, 3.8) is 0 Å². The van der Waals surface area contributed by atoms with Crippen molar-refractivity contribution in [2.45, 2.75) is 6.92 Å². The van der Waals surface area contributed by atoms with E-state index in [0.29, 0.717) is 5.69 Å². The number of hydrogen-bond acceptors (Lipinski definition) is 5. The molecule has 0 unspecified atom stereocenters. The molecule has 0 aliphatic heterocycles. The lowest BCUT2D eigenvalue weighted by molar-refractivity contribution is -0.389. The molecule has 2 aromatic rings. The maximum Gasteiger partial charge on any atom is 0.390 e. The number of carbonyl (C=O) groups is 1. The monoisotopic (exact) mass is 251 g/mol. The molecule has 2 heterocycles. The molecular formula is C9H9N5O4. The van der Waals surface area contributed by atoms with Gasteiger partial charge in [0.2, 0.25) is 0 Å². The number of nitro groups is 1. The first-order chi connectivity index (χ1) is 8.41. The van der Waals surface area contributed by atoms with E-state index in [9.17, 15) is 14.9 Å². The molecule has 0 atom stereocenters. The Morgan fingerprint density at radius 2 is 2.17 bits per heavy atom. The first kappa shape index (κ1) is 11.8. The lowest BCUT2D eigenvalue weighted by Gasteiger charge is -1.99. The SMILES string of the molecule is Cc1nn(C)c(-n2ccc([N+](=O)[O-])n2)c1C(=O)O. The van der Waals surface area contributed by atoms with Crippen molar-refractivity contribution in [3.05, 3.63) is 33.6 Å². The Kier molecular flexibility index (Phi) is 2.58. The standard InChI is InChI=1S/C9H9N5O4/c1-5-7(9(15)16)8(12(2)10-5)13-4-3-6(11-13)14(17)18/h3-4H,1-2H3,(H,15,16). The van der Waals surface area contributed by atoms with E-state index < -0.39 is 10.9 Å². The van der Waals surface area contributed by atoms with E-state index in [2.05, 4.69) is 10.2 Å². The van der Waals surface area contributed by atoms with Crippen LogP contribution in [0, 0.1) is 17.0 Å². The molecule has 0 aliphatic rings. The summed E-state index contributed by atoms with van der Waals surface area (Å²) in [5.41, 5.74) is 0.286. The summed E-state index contributed by atoms with van der Waals surface area (Å²) < 4.78 is 2.44. The Morgan fingerprint density at radius 1 is 1.50 bits per heavy atom. The van der Waals surface area contributed by atoms with Gasteiger partial charge in [-0.2, -0.15) is 5.10 Å². The predicted molar refractivity (Wildman–Crippen MR) is 58.7 cm³/mol. The Bertz CT molecular complexity index is 641. The van der Waals surface area contributed by atoms with Crippen molar-refractivity contribution >= 4 is 11.8 Å². The summed E-state index contributed by atoms with van der Waals surface area (Å²) >= 11 is 0. The van der Waals surface area contributed by atoms with Crippen molar-refractivity contribution in [2.24, 2.45) is 7.05 Å². The lowest BCUT2D eigenvalue weighted by Crippen LogP contribution is -2.09. The van der Waals surface area contributed by atoms with E-state index in [1.165, 1.54) is 16.9 Å². The fourth-order valence-electron chi connectivity index (χ4n) is 1.69. The molecule has 0 bridgehead atoms. The molecule has 2 rings (SSSR count). The molecule has 0 amide bonds. The number of hydrogen-bond donors (Lipinski definition) is 1. The summed E-state index contributed by atoms with van der Waals surface area (Å²) in [7, 11) is 1.54. The third-order valence-electron chi connectivity index (χ3n) is 2.38. The Labute approximate surface area is 100 Å². The third-order valence-corrected chi connectivity index (χ3v) is 2.38. The van der Waals surface area contributed by atoms with Gasteiger partial charge >= 0.3 is 11.8 Å². The van der Waals surface area contributed by atoms with Gasteiger partial charge in [-0.3, -0.25) is 0 Å². The van der Waals surface area contributed by atoms with Gasteiger partial charge in [-0.15, -0.1) is 4.68 Å². The van der Waals surface area contributed by atoms with E-state index in [1.54, 1.807) is 14.0 Å². The number of rotatable bonds is 3. The van der Waals surface area contributed by atoms with Gasteiger partial charge in [0.15, 0.2) is 5.82 Å². The zero-order chi connectivity index (χ0) is 13.4. The highest BCUT2D eigenvalue weighted by molar-refractivity contribution is 5.92. The Balaban J connectivity index is 2.62. The largest absolute Gasteiger partial charge is 0.477 e. The minimum Gasteiger partial charge on any atom is -0.477 e. The van der Waals surface area contributed by atoms with Gasteiger partial charge in [0, 0.05) is 7.05 Å². The third kappa shape index (κ3) is 1.71. The van der Waals surface area contributed by atoms with E-state index in [1.807, 2.05) is 0 Å². The Morgan fingerprint density at radius 3 is 2.67 bits per heavy atom. The Hall–Kier alpha value is -2.71. The van der Waals surface area contributed by atoms with Gasteiger partial charge in [-0.05, 0) is 11.8 Å². The van der Waals surface area contributed by atoms with Gasteiger partial charge in [-0.1, -0.05) is 0 Å².